The number of fused-ring (bicyclic) bond motifs is 1. The topological polar surface area (TPSA) is 32.3 Å². The summed E-state index contributed by atoms with van der Waals surface area (Å²) in [5.74, 6) is 0.488. The van der Waals surface area contributed by atoms with Gasteiger partial charge in [0.15, 0.2) is 0 Å². The fourth-order valence-electron chi connectivity index (χ4n) is 2.56. The summed E-state index contributed by atoms with van der Waals surface area (Å²) < 4.78 is 0. The van der Waals surface area contributed by atoms with Gasteiger partial charge in [-0.3, -0.25) is 0 Å². The van der Waals surface area contributed by atoms with Crippen molar-refractivity contribution in [2.75, 3.05) is 7.05 Å². The number of rotatable bonds is 2. The van der Waals surface area contributed by atoms with Gasteiger partial charge in [0.05, 0.1) is 0 Å². The summed E-state index contributed by atoms with van der Waals surface area (Å²) in [5.41, 5.74) is 3.86. The molecule has 0 saturated heterocycles. The molecule has 3 rings (SSSR count). The summed E-state index contributed by atoms with van der Waals surface area (Å²) in [4.78, 5) is 0. The SMILES string of the molecule is CNCc1ccccc1.Oc1cccc2c1CCCC2.[Pt]. The van der Waals surface area contributed by atoms with Crippen molar-refractivity contribution in [1.29, 1.82) is 0 Å². The molecule has 2 aromatic carbocycles. The molecule has 0 bridgehead atoms. The zero-order valence-corrected chi connectivity index (χ0v) is 14.7. The molecule has 0 amide bonds. The van der Waals surface area contributed by atoms with Gasteiger partial charge < -0.3 is 10.4 Å². The molecule has 2 N–H and O–H groups in total. The van der Waals surface area contributed by atoms with Gasteiger partial charge in [-0.1, -0.05) is 42.5 Å². The maximum Gasteiger partial charge on any atom is 0.119 e. The van der Waals surface area contributed by atoms with Crippen LogP contribution in [0.2, 0.25) is 0 Å². The van der Waals surface area contributed by atoms with Crippen molar-refractivity contribution in [3.63, 3.8) is 0 Å². The third-order valence-corrected chi connectivity index (χ3v) is 3.59. The largest absolute Gasteiger partial charge is 0.508 e. The molecular weight excluding hydrogens is 441 g/mol. The predicted molar refractivity (Wildman–Crippen MR) is 84.0 cm³/mol. The molecule has 0 atom stereocenters. The number of aromatic hydroxyl groups is 1. The van der Waals surface area contributed by atoms with Gasteiger partial charge in [-0.2, -0.15) is 0 Å². The minimum atomic E-state index is 0. The van der Waals surface area contributed by atoms with Gasteiger partial charge in [0.25, 0.3) is 0 Å². The first-order chi connectivity index (χ1) is 9.81. The Morgan fingerprint density at radius 1 is 0.952 bits per heavy atom. The number of benzene rings is 2. The average Bonchev–Trinajstić information content (AvgIpc) is 2.50. The number of hydrogen-bond acceptors (Lipinski definition) is 2. The number of phenolic OH excluding ortho intramolecular Hbond substituents is 1. The van der Waals surface area contributed by atoms with E-state index in [-0.39, 0.29) is 21.1 Å². The van der Waals surface area contributed by atoms with E-state index in [2.05, 4.69) is 23.5 Å². The second-order valence-corrected chi connectivity index (χ2v) is 5.14. The van der Waals surface area contributed by atoms with Crippen molar-refractivity contribution < 1.29 is 26.2 Å². The van der Waals surface area contributed by atoms with E-state index in [4.69, 9.17) is 0 Å². The maximum absolute atomic E-state index is 9.46. The van der Waals surface area contributed by atoms with E-state index in [0.29, 0.717) is 5.75 Å². The second kappa shape index (κ2) is 9.76. The number of hydrogen-bond donors (Lipinski definition) is 2. The van der Waals surface area contributed by atoms with E-state index < -0.39 is 0 Å². The van der Waals surface area contributed by atoms with Crippen LogP contribution in [-0.4, -0.2) is 12.2 Å². The van der Waals surface area contributed by atoms with E-state index in [0.717, 1.165) is 19.4 Å². The number of aryl methyl sites for hydroxylation is 1. The fraction of sp³-hybridized carbons (Fsp3) is 0.333. The van der Waals surface area contributed by atoms with Crippen LogP contribution in [-0.2, 0) is 40.5 Å². The van der Waals surface area contributed by atoms with Crippen LogP contribution in [0.5, 0.6) is 5.75 Å². The molecule has 1 aliphatic carbocycles. The third kappa shape index (κ3) is 5.65. The number of phenols is 1. The van der Waals surface area contributed by atoms with Crippen molar-refractivity contribution >= 4 is 0 Å². The predicted octanol–water partition coefficient (Wildman–Crippen LogP) is 3.67. The van der Waals surface area contributed by atoms with Gasteiger partial charge in [-0.15, -0.1) is 0 Å². The molecule has 0 unspecified atom stereocenters. The van der Waals surface area contributed by atoms with Gasteiger partial charge in [-0.05, 0) is 55.5 Å². The molecule has 0 heterocycles. The van der Waals surface area contributed by atoms with Crippen LogP contribution < -0.4 is 5.32 Å². The molecule has 0 aliphatic heterocycles. The number of nitrogens with one attached hydrogen (secondary N) is 1. The first-order valence-corrected chi connectivity index (χ1v) is 7.29. The Labute approximate surface area is 141 Å². The van der Waals surface area contributed by atoms with Crippen molar-refractivity contribution in [3.05, 3.63) is 65.2 Å². The van der Waals surface area contributed by atoms with Gasteiger partial charge in [0, 0.05) is 27.6 Å². The van der Waals surface area contributed by atoms with Crippen LogP contribution in [0.4, 0.5) is 0 Å². The summed E-state index contributed by atoms with van der Waals surface area (Å²) in [6.07, 6.45) is 4.70. The van der Waals surface area contributed by atoms with E-state index in [1.165, 1.54) is 29.5 Å². The van der Waals surface area contributed by atoms with Crippen LogP contribution in [0.15, 0.2) is 48.5 Å². The quantitative estimate of drug-likeness (QED) is 0.711. The summed E-state index contributed by atoms with van der Waals surface area (Å²) >= 11 is 0. The Morgan fingerprint density at radius 3 is 2.33 bits per heavy atom. The minimum Gasteiger partial charge on any atom is -0.508 e. The zero-order valence-electron chi connectivity index (χ0n) is 12.4. The second-order valence-electron chi connectivity index (χ2n) is 5.14. The molecule has 0 fully saturated rings. The summed E-state index contributed by atoms with van der Waals surface area (Å²) in [7, 11) is 1.95. The molecule has 0 radical (unpaired) electrons. The zero-order chi connectivity index (χ0) is 14.2. The molecule has 116 valence electrons. The van der Waals surface area contributed by atoms with Crippen LogP contribution in [0.3, 0.4) is 0 Å². The molecule has 0 aromatic heterocycles. The standard InChI is InChI=1S/C10H12O.C8H11N.Pt/c11-10-7-3-5-8-4-1-2-6-9(8)10;1-9-7-8-5-3-2-4-6-8;/h3,5,7,11H,1-2,4,6H2;2-6,9H,7H2,1H3;. The van der Waals surface area contributed by atoms with Gasteiger partial charge in [0.1, 0.15) is 5.75 Å². The van der Waals surface area contributed by atoms with E-state index in [1.807, 2.05) is 31.3 Å². The van der Waals surface area contributed by atoms with Crippen LogP contribution >= 0.6 is 0 Å². The van der Waals surface area contributed by atoms with Crippen molar-refractivity contribution in [2.24, 2.45) is 0 Å². The smallest absolute Gasteiger partial charge is 0.119 e. The molecule has 2 nitrogen and oxygen atoms in total. The summed E-state index contributed by atoms with van der Waals surface area (Å²) in [6.45, 7) is 0.959. The Bertz CT molecular complexity index is 528. The molecule has 1 aliphatic rings. The minimum absolute atomic E-state index is 0. The van der Waals surface area contributed by atoms with Gasteiger partial charge >= 0.3 is 0 Å². The average molecular weight is 464 g/mol. The first-order valence-electron chi connectivity index (χ1n) is 7.29. The van der Waals surface area contributed by atoms with E-state index in [1.54, 1.807) is 6.07 Å². The van der Waals surface area contributed by atoms with Gasteiger partial charge in [0.2, 0.25) is 0 Å². The van der Waals surface area contributed by atoms with Crippen LogP contribution in [0.1, 0.15) is 29.5 Å². The fourth-order valence-corrected chi connectivity index (χ4v) is 2.56. The summed E-state index contributed by atoms with van der Waals surface area (Å²) in [6, 6.07) is 16.2. The van der Waals surface area contributed by atoms with Crippen molar-refractivity contribution in [1.82, 2.24) is 5.32 Å². The molecule has 3 heteroatoms. The Kier molecular flexibility index (Phi) is 8.34. The summed E-state index contributed by atoms with van der Waals surface area (Å²) in [5, 5.41) is 12.5. The van der Waals surface area contributed by atoms with E-state index in [9.17, 15) is 5.11 Å². The molecular formula is C18H23NOPt. The normalized spacial score (nSPS) is 12.4. The maximum atomic E-state index is 9.46. The Morgan fingerprint density at radius 2 is 1.67 bits per heavy atom. The molecule has 0 saturated carbocycles. The van der Waals surface area contributed by atoms with E-state index >= 15 is 0 Å². The Hall–Kier alpha value is -1.11. The van der Waals surface area contributed by atoms with Gasteiger partial charge in [-0.25, -0.2) is 0 Å². The van der Waals surface area contributed by atoms with Crippen molar-refractivity contribution in [3.8, 4) is 5.75 Å². The first kappa shape index (κ1) is 17.9. The monoisotopic (exact) mass is 464 g/mol. The Balaban J connectivity index is 0.000000205. The molecule has 0 spiro atoms. The third-order valence-electron chi connectivity index (χ3n) is 3.59. The van der Waals surface area contributed by atoms with Crippen LogP contribution in [0.25, 0.3) is 0 Å². The van der Waals surface area contributed by atoms with Crippen molar-refractivity contribution in [2.45, 2.75) is 32.2 Å². The molecule has 2 aromatic rings. The molecule has 21 heavy (non-hydrogen) atoms. The van der Waals surface area contributed by atoms with Crippen LogP contribution in [0, 0.1) is 0 Å².